The van der Waals surface area contributed by atoms with Gasteiger partial charge in [-0.1, -0.05) is 18.2 Å². The van der Waals surface area contributed by atoms with E-state index in [1.807, 2.05) is 12.1 Å². The molecule has 4 rings (SSSR count). The van der Waals surface area contributed by atoms with Gasteiger partial charge in [0.2, 0.25) is 0 Å². The largest absolute Gasteiger partial charge is 0.493 e. The number of ether oxygens (including phenoxy) is 2. The normalized spacial score (nSPS) is 36.3. The second-order valence-electron chi connectivity index (χ2n) is 7.05. The Hall–Kier alpha value is -1.52. The molecule has 1 unspecified atom stereocenters. The molecule has 3 atom stereocenters. The molecule has 3 aliphatic rings. The van der Waals surface area contributed by atoms with Crippen LogP contribution >= 0.6 is 0 Å². The minimum absolute atomic E-state index is 0. The van der Waals surface area contributed by atoms with Crippen LogP contribution in [0.5, 0.6) is 11.5 Å². The van der Waals surface area contributed by atoms with E-state index in [1.165, 1.54) is 11.1 Å². The van der Waals surface area contributed by atoms with Gasteiger partial charge in [-0.3, -0.25) is 0 Å². The van der Waals surface area contributed by atoms with E-state index in [1.54, 1.807) is 7.11 Å². The van der Waals surface area contributed by atoms with Gasteiger partial charge in [0.25, 0.3) is 0 Å². The Balaban J connectivity index is 0.00000156. The molecule has 0 fully saturated rings. The highest BCUT2D eigenvalue weighted by Crippen LogP contribution is 2.60. The van der Waals surface area contributed by atoms with Gasteiger partial charge in [-0.25, -0.2) is 0 Å². The van der Waals surface area contributed by atoms with Crippen molar-refractivity contribution in [2.45, 2.75) is 43.4 Å². The van der Waals surface area contributed by atoms with E-state index >= 15 is 0 Å². The van der Waals surface area contributed by atoms with E-state index in [0.717, 1.165) is 31.0 Å². The molecule has 2 aliphatic heterocycles. The van der Waals surface area contributed by atoms with Crippen LogP contribution in [0.2, 0.25) is 0 Å². The van der Waals surface area contributed by atoms with Crippen LogP contribution in [0, 0.1) is 0 Å². The van der Waals surface area contributed by atoms with E-state index in [4.69, 9.17) is 9.47 Å². The maximum Gasteiger partial charge on any atom is 0.166 e. The fraction of sp³-hybridized carbons (Fsp3) is 0.556. The van der Waals surface area contributed by atoms with Gasteiger partial charge in [0, 0.05) is 20.0 Å². The summed E-state index contributed by atoms with van der Waals surface area (Å²) in [7, 11) is 3.85. The molecule has 4 heteroatoms. The summed E-state index contributed by atoms with van der Waals surface area (Å²) in [5.41, 5.74) is 1.98. The molecule has 0 saturated carbocycles. The van der Waals surface area contributed by atoms with Crippen molar-refractivity contribution in [2.75, 3.05) is 20.7 Å². The Kier molecular flexibility index (Phi) is 2.88. The SMILES string of the molecule is COc1ccc2c3c1O[C@@]1(C)C[C@@H](O)C=CC31CCN(C)C2.[HH]. The third kappa shape index (κ3) is 1.65. The molecule has 1 spiro atoms. The van der Waals surface area contributed by atoms with Gasteiger partial charge in [0.05, 0.1) is 18.6 Å². The Morgan fingerprint density at radius 3 is 3.05 bits per heavy atom. The highest BCUT2D eigenvalue weighted by Gasteiger charge is 2.60. The molecule has 4 nitrogen and oxygen atoms in total. The Labute approximate surface area is 132 Å². The van der Waals surface area contributed by atoms with Crippen molar-refractivity contribution < 1.29 is 16.0 Å². The van der Waals surface area contributed by atoms with Crippen LogP contribution in [0.15, 0.2) is 24.3 Å². The van der Waals surface area contributed by atoms with Crippen LogP contribution in [0.3, 0.4) is 0 Å². The van der Waals surface area contributed by atoms with Crippen molar-refractivity contribution in [2.24, 2.45) is 0 Å². The summed E-state index contributed by atoms with van der Waals surface area (Å²) in [5.74, 6) is 1.66. The lowest BCUT2D eigenvalue weighted by molar-refractivity contribution is -0.00138. The first-order chi connectivity index (χ1) is 10.5. The van der Waals surface area contributed by atoms with Gasteiger partial charge in [-0.15, -0.1) is 0 Å². The third-order valence-corrected chi connectivity index (χ3v) is 5.67. The molecule has 1 N–H and O–H groups in total. The average molecular weight is 303 g/mol. The first-order valence-electron chi connectivity index (χ1n) is 7.94. The number of rotatable bonds is 1. The summed E-state index contributed by atoms with van der Waals surface area (Å²) >= 11 is 0. The number of aliphatic hydroxyl groups excluding tert-OH is 1. The number of hydrogen-bond acceptors (Lipinski definition) is 4. The van der Waals surface area contributed by atoms with Crippen LogP contribution in [-0.4, -0.2) is 42.4 Å². The first-order valence-corrected chi connectivity index (χ1v) is 7.94. The third-order valence-electron chi connectivity index (χ3n) is 5.67. The van der Waals surface area contributed by atoms with Gasteiger partial charge in [0.15, 0.2) is 11.5 Å². The maximum absolute atomic E-state index is 10.1. The molecular formula is C18H25NO3. The Morgan fingerprint density at radius 1 is 1.45 bits per heavy atom. The number of nitrogens with zero attached hydrogens (tertiary/aromatic N) is 1. The van der Waals surface area contributed by atoms with Gasteiger partial charge in [0.1, 0.15) is 5.60 Å². The van der Waals surface area contributed by atoms with Crippen molar-refractivity contribution in [3.8, 4) is 11.5 Å². The molecule has 0 radical (unpaired) electrons. The topological polar surface area (TPSA) is 41.9 Å². The predicted molar refractivity (Wildman–Crippen MR) is 86.5 cm³/mol. The molecule has 2 heterocycles. The highest BCUT2D eigenvalue weighted by atomic mass is 16.5. The van der Waals surface area contributed by atoms with E-state index < -0.39 is 11.7 Å². The summed E-state index contributed by atoms with van der Waals surface area (Å²) in [6.45, 7) is 4.06. The molecule has 1 aromatic carbocycles. The molecule has 0 aromatic heterocycles. The second kappa shape index (κ2) is 4.49. The summed E-state index contributed by atoms with van der Waals surface area (Å²) in [4.78, 5) is 2.36. The number of aliphatic hydroxyl groups is 1. The minimum atomic E-state index is -0.444. The Morgan fingerprint density at radius 2 is 2.27 bits per heavy atom. The van der Waals surface area contributed by atoms with Crippen molar-refractivity contribution in [3.05, 3.63) is 35.4 Å². The molecule has 0 amide bonds. The fourth-order valence-electron chi connectivity index (χ4n) is 4.50. The van der Waals surface area contributed by atoms with E-state index in [9.17, 15) is 5.11 Å². The smallest absolute Gasteiger partial charge is 0.166 e. The molecule has 0 saturated heterocycles. The van der Waals surface area contributed by atoms with Crippen molar-refractivity contribution >= 4 is 0 Å². The lowest BCUT2D eigenvalue weighted by Crippen LogP contribution is -2.52. The number of methoxy groups -OCH3 is 1. The van der Waals surface area contributed by atoms with Gasteiger partial charge >= 0.3 is 0 Å². The Bertz CT molecular complexity index is 662. The quantitative estimate of drug-likeness (QED) is 0.809. The molecule has 1 aliphatic carbocycles. The molecule has 0 bridgehead atoms. The lowest BCUT2D eigenvalue weighted by atomic mass is 9.62. The van der Waals surface area contributed by atoms with Gasteiger partial charge in [-0.05, 0) is 38.6 Å². The molecule has 120 valence electrons. The highest BCUT2D eigenvalue weighted by molar-refractivity contribution is 5.62. The van der Waals surface area contributed by atoms with Crippen LogP contribution in [0.4, 0.5) is 0 Å². The van der Waals surface area contributed by atoms with Gasteiger partial charge < -0.3 is 19.5 Å². The van der Waals surface area contributed by atoms with Crippen molar-refractivity contribution in [1.82, 2.24) is 4.90 Å². The number of hydrogen-bond donors (Lipinski definition) is 1. The van der Waals surface area contributed by atoms with Crippen molar-refractivity contribution in [3.63, 3.8) is 0 Å². The van der Waals surface area contributed by atoms with E-state index in [-0.39, 0.29) is 6.84 Å². The van der Waals surface area contributed by atoms with Crippen LogP contribution < -0.4 is 9.47 Å². The van der Waals surface area contributed by atoms with Gasteiger partial charge in [-0.2, -0.15) is 0 Å². The monoisotopic (exact) mass is 303 g/mol. The molecule has 1 aromatic rings. The first kappa shape index (κ1) is 14.1. The molecule has 22 heavy (non-hydrogen) atoms. The zero-order valence-electron chi connectivity index (χ0n) is 13.4. The summed E-state index contributed by atoms with van der Waals surface area (Å²) in [5, 5.41) is 10.1. The standard InChI is InChI=1S/C18H23NO3.H2/c1-17-10-13(20)6-7-18(17)8-9-19(2)11-12-4-5-14(21-3)16(22-17)15(12)18;/h4-7,13,20H,8-11H2,1-3H3;1H/t13-,17-,18?;/m0./s1. The van der Waals surface area contributed by atoms with E-state index in [0.29, 0.717) is 6.42 Å². The minimum Gasteiger partial charge on any atom is -0.493 e. The summed E-state index contributed by atoms with van der Waals surface area (Å²) < 4.78 is 12.0. The zero-order valence-corrected chi connectivity index (χ0v) is 13.4. The molecular weight excluding hydrogens is 278 g/mol. The number of benzene rings is 1. The fourth-order valence-corrected chi connectivity index (χ4v) is 4.50. The summed E-state index contributed by atoms with van der Waals surface area (Å²) in [6.07, 6.45) is 5.30. The predicted octanol–water partition coefficient (Wildman–Crippen LogP) is 2.49. The average Bonchev–Trinajstić information content (AvgIpc) is 2.64. The van der Waals surface area contributed by atoms with Crippen LogP contribution in [0.1, 0.15) is 32.3 Å². The van der Waals surface area contributed by atoms with Crippen molar-refractivity contribution in [1.29, 1.82) is 0 Å². The maximum atomic E-state index is 10.1. The second-order valence-corrected chi connectivity index (χ2v) is 7.05. The lowest BCUT2D eigenvalue weighted by Gasteiger charge is -2.44. The summed E-state index contributed by atoms with van der Waals surface area (Å²) in [6, 6.07) is 4.16. The van der Waals surface area contributed by atoms with E-state index in [2.05, 4.69) is 31.0 Å². The zero-order chi connectivity index (χ0) is 15.5. The van der Waals surface area contributed by atoms with Crippen LogP contribution in [0.25, 0.3) is 0 Å². The van der Waals surface area contributed by atoms with Crippen LogP contribution in [-0.2, 0) is 12.0 Å².